The Morgan fingerprint density at radius 1 is 1.11 bits per heavy atom. The molecule has 1 atom stereocenters. The molecule has 1 aliphatic rings. The van der Waals surface area contributed by atoms with Crippen molar-refractivity contribution >= 4 is 23.2 Å². The molecule has 4 aromatic rings. The van der Waals surface area contributed by atoms with Crippen LogP contribution in [0.15, 0.2) is 77.7 Å². The zero-order valence-corrected chi connectivity index (χ0v) is 21.2. The predicted molar refractivity (Wildman–Crippen MR) is 146 cm³/mol. The van der Waals surface area contributed by atoms with E-state index in [2.05, 4.69) is 15.3 Å². The van der Waals surface area contributed by atoms with Gasteiger partial charge in [0, 0.05) is 36.4 Å². The van der Waals surface area contributed by atoms with Gasteiger partial charge in [0.1, 0.15) is 17.6 Å². The number of fused-ring (bicyclic) bond motifs is 1. The zero-order chi connectivity index (χ0) is 26.6. The number of phenols is 1. The molecule has 5 rings (SSSR count). The molecule has 194 valence electrons. The molecule has 0 radical (unpaired) electrons. The minimum absolute atomic E-state index is 0.211. The second-order valence-electron chi connectivity index (χ2n) is 9.37. The number of anilines is 3. The third-order valence-electron chi connectivity index (χ3n) is 6.93. The van der Waals surface area contributed by atoms with E-state index in [9.17, 15) is 14.7 Å². The average molecular weight is 511 g/mol. The SMILES string of the molecule is Cc1nc(N)ccc1CNC(=O)C1CCc2cnc(N(CCc3ccccc3O)c3ccccc3)c(=O)n21. The van der Waals surface area contributed by atoms with E-state index < -0.39 is 6.04 Å². The molecule has 3 heterocycles. The number of nitrogens with zero attached hydrogens (tertiary/aromatic N) is 4. The number of benzene rings is 2. The lowest BCUT2D eigenvalue weighted by Gasteiger charge is -2.25. The monoisotopic (exact) mass is 510 g/mol. The first kappa shape index (κ1) is 25.0. The maximum atomic E-state index is 13.8. The lowest BCUT2D eigenvalue weighted by Crippen LogP contribution is -2.38. The Kier molecular flexibility index (Phi) is 7.08. The fourth-order valence-corrected chi connectivity index (χ4v) is 4.88. The third-order valence-corrected chi connectivity index (χ3v) is 6.93. The summed E-state index contributed by atoms with van der Waals surface area (Å²) >= 11 is 0. The lowest BCUT2D eigenvalue weighted by molar-refractivity contribution is -0.124. The fourth-order valence-electron chi connectivity index (χ4n) is 4.88. The fraction of sp³-hybridized carbons (Fsp3) is 0.241. The number of phenolic OH excluding ortho intramolecular Hbond substituents is 1. The quantitative estimate of drug-likeness (QED) is 0.332. The van der Waals surface area contributed by atoms with Crippen LogP contribution in [0.25, 0.3) is 0 Å². The van der Waals surface area contributed by atoms with Gasteiger partial charge in [0.25, 0.3) is 5.56 Å². The number of para-hydroxylation sites is 2. The Morgan fingerprint density at radius 3 is 2.63 bits per heavy atom. The molecule has 0 aliphatic carbocycles. The van der Waals surface area contributed by atoms with Gasteiger partial charge in [-0.15, -0.1) is 0 Å². The second-order valence-corrected chi connectivity index (χ2v) is 9.37. The van der Waals surface area contributed by atoms with Crippen molar-refractivity contribution in [1.29, 1.82) is 0 Å². The van der Waals surface area contributed by atoms with Crippen molar-refractivity contribution in [3.8, 4) is 5.75 Å². The summed E-state index contributed by atoms with van der Waals surface area (Å²) in [5.41, 5.74) is 9.36. The van der Waals surface area contributed by atoms with Crippen LogP contribution in [-0.2, 0) is 24.2 Å². The summed E-state index contributed by atoms with van der Waals surface area (Å²) in [4.78, 5) is 37.7. The van der Waals surface area contributed by atoms with Crippen LogP contribution < -0.4 is 21.5 Å². The minimum atomic E-state index is -0.628. The molecule has 1 aliphatic heterocycles. The highest BCUT2D eigenvalue weighted by atomic mass is 16.3. The molecule has 0 saturated carbocycles. The molecule has 9 nitrogen and oxygen atoms in total. The largest absolute Gasteiger partial charge is 0.508 e. The van der Waals surface area contributed by atoms with E-state index in [-0.39, 0.29) is 23.0 Å². The highest BCUT2D eigenvalue weighted by Gasteiger charge is 2.31. The molecular formula is C29H30N6O3. The van der Waals surface area contributed by atoms with Crippen LogP contribution in [0.1, 0.15) is 35.0 Å². The number of pyridine rings is 1. The third kappa shape index (κ3) is 5.08. The summed E-state index contributed by atoms with van der Waals surface area (Å²) in [5, 5.41) is 13.2. The molecule has 2 aromatic heterocycles. The van der Waals surface area contributed by atoms with Gasteiger partial charge in [0.2, 0.25) is 5.91 Å². The van der Waals surface area contributed by atoms with Crippen LogP contribution in [-0.4, -0.2) is 32.1 Å². The van der Waals surface area contributed by atoms with Gasteiger partial charge in [0.05, 0.1) is 0 Å². The number of rotatable bonds is 8. The number of nitrogen functional groups attached to an aromatic ring is 1. The number of nitrogens with two attached hydrogens (primary N) is 1. The molecule has 0 saturated heterocycles. The normalized spacial score (nSPS) is 14.2. The molecule has 0 bridgehead atoms. The summed E-state index contributed by atoms with van der Waals surface area (Å²) < 4.78 is 1.57. The Hall–Kier alpha value is -4.66. The topological polar surface area (TPSA) is 126 Å². The molecule has 0 fully saturated rings. The van der Waals surface area contributed by atoms with Crippen molar-refractivity contribution < 1.29 is 9.90 Å². The number of aryl methyl sites for hydroxylation is 2. The molecule has 4 N–H and O–H groups in total. The Morgan fingerprint density at radius 2 is 1.87 bits per heavy atom. The molecule has 9 heteroatoms. The van der Waals surface area contributed by atoms with Gasteiger partial charge in [-0.3, -0.25) is 14.2 Å². The van der Waals surface area contributed by atoms with Crippen LogP contribution in [0, 0.1) is 6.92 Å². The summed E-state index contributed by atoms with van der Waals surface area (Å²) in [5.74, 6) is 0.662. The molecule has 1 amide bonds. The summed E-state index contributed by atoms with van der Waals surface area (Å²) in [6.45, 7) is 2.56. The first-order valence-corrected chi connectivity index (χ1v) is 12.6. The van der Waals surface area contributed by atoms with Gasteiger partial charge in [-0.2, -0.15) is 0 Å². The minimum Gasteiger partial charge on any atom is -0.508 e. The van der Waals surface area contributed by atoms with Crippen LogP contribution in [0.5, 0.6) is 5.75 Å². The van der Waals surface area contributed by atoms with Crippen LogP contribution in [0.3, 0.4) is 0 Å². The number of aromatic hydroxyl groups is 1. The number of amides is 1. The van der Waals surface area contributed by atoms with Gasteiger partial charge >= 0.3 is 0 Å². The van der Waals surface area contributed by atoms with E-state index >= 15 is 0 Å². The highest BCUT2D eigenvalue weighted by Crippen LogP contribution is 2.28. The summed E-state index contributed by atoms with van der Waals surface area (Å²) in [6, 6.07) is 19.6. The van der Waals surface area contributed by atoms with E-state index in [1.54, 1.807) is 29.0 Å². The number of hydrogen-bond donors (Lipinski definition) is 3. The van der Waals surface area contributed by atoms with Crippen molar-refractivity contribution in [2.24, 2.45) is 0 Å². The van der Waals surface area contributed by atoms with Crippen LogP contribution in [0.2, 0.25) is 0 Å². The van der Waals surface area contributed by atoms with Gasteiger partial charge in [0.15, 0.2) is 5.82 Å². The van der Waals surface area contributed by atoms with Gasteiger partial charge in [-0.05, 0) is 61.6 Å². The maximum absolute atomic E-state index is 13.8. The maximum Gasteiger partial charge on any atom is 0.294 e. The van der Waals surface area contributed by atoms with Crippen LogP contribution in [0.4, 0.5) is 17.3 Å². The number of hydrogen-bond acceptors (Lipinski definition) is 7. The number of carbonyl (C=O) groups excluding carboxylic acids is 1. The van der Waals surface area contributed by atoms with Crippen LogP contribution >= 0.6 is 0 Å². The molecule has 38 heavy (non-hydrogen) atoms. The zero-order valence-electron chi connectivity index (χ0n) is 21.2. The predicted octanol–water partition coefficient (Wildman–Crippen LogP) is 3.42. The number of nitrogens with one attached hydrogen (secondary N) is 1. The van der Waals surface area contributed by atoms with Crippen molar-refractivity contribution in [1.82, 2.24) is 19.9 Å². The summed E-state index contributed by atoms with van der Waals surface area (Å²) in [7, 11) is 0. The Balaban J connectivity index is 1.42. The average Bonchev–Trinajstić information content (AvgIpc) is 3.36. The van der Waals surface area contributed by atoms with Gasteiger partial charge in [-0.1, -0.05) is 42.5 Å². The van der Waals surface area contributed by atoms with Crippen molar-refractivity contribution in [3.05, 3.63) is 106 Å². The molecule has 0 spiro atoms. The van der Waals surface area contributed by atoms with Crippen molar-refractivity contribution in [2.45, 2.75) is 38.8 Å². The van der Waals surface area contributed by atoms with E-state index in [1.807, 2.05) is 60.4 Å². The van der Waals surface area contributed by atoms with E-state index in [0.29, 0.717) is 38.2 Å². The smallest absolute Gasteiger partial charge is 0.294 e. The number of aromatic nitrogens is 3. The Bertz CT molecular complexity index is 1520. The Labute approximate surface area is 220 Å². The first-order chi connectivity index (χ1) is 18.4. The molecular weight excluding hydrogens is 480 g/mol. The van der Waals surface area contributed by atoms with E-state index in [1.165, 1.54) is 0 Å². The van der Waals surface area contributed by atoms with Crippen molar-refractivity contribution in [3.63, 3.8) is 0 Å². The summed E-state index contributed by atoms with van der Waals surface area (Å²) in [6.07, 6.45) is 3.30. The molecule has 1 unspecified atom stereocenters. The number of carbonyl (C=O) groups is 1. The van der Waals surface area contributed by atoms with Crippen molar-refractivity contribution in [2.75, 3.05) is 17.2 Å². The van der Waals surface area contributed by atoms with Gasteiger partial charge in [-0.25, -0.2) is 9.97 Å². The first-order valence-electron chi connectivity index (χ1n) is 12.6. The molecule has 2 aromatic carbocycles. The van der Waals surface area contributed by atoms with E-state index in [0.717, 1.165) is 28.2 Å². The highest BCUT2D eigenvalue weighted by molar-refractivity contribution is 5.81. The van der Waals surface area contributed by atoms with Gasteiger partial charge < -0.3 is 21.1 Å². The van der Waals surface area contributed by atoms with E-state index in [4.69, 9.17) is 5.73 Å². The standard InChI is InChI=1S/C29H30N6O3/c1-19-21(11-14-26(30)33-19)17-32-28(37)24-13-12-23-18-31-27(29(38)35(23)24)34(22-8-3-2-4-9-22)16-15-20-7-5-6-10-25(20)36/h2-11,14,18,24,36H,12-13,15-17H2,1H3,(H2,30,33)(H,32,37). The lowest BCUT2D eigenvalue weighted by atomic mass is 10.1. The second kappa shape index (κ2) is 10.8.